The van der Waals surface area contributed by atoms with Gasteiger partial charge in [-0.1, -0.05) is 44.2 Å². The number of hydrogen-bond donors (Lipinski definition) is 0. The van der Waals surface area contributed by atoms with Crippen molar-refractivity contribution in [2.45, 2.75) is 57.9 Å². The summed E-state index contributed by atoms with van der Waals surface area (Å²) in [6, 6.07) is 12.3. The number of carbonyl (C=O) groups excluding carboxylic acids is 1. The number of ether oxygens (including phenoxy) is 2. The first-order valence-corrected chi connectivity index (χ1v) is 11.9. The zero-order chi connectivity index (χ0) is 27.2. The van der Waals surface area contributed by atoms with E-state index in [1.54, 1.807) is 30.3 Å². The summed E-state index contributed by atoms with van der Waals surface area (Å²) < 4.78 is 52.9. The predicted octanol–water partition coefficient (Wildman–Crippen LogP) is 6.87. The number of hydrogen-bond acceptors (Lipinski definition) is 5. The second-order valence-corrected chi connectivity index (χ2v) is 10.5. The zero-order valence-electron chi connectivity index (χ0n) is 21.1. The highest BCUT2D eigenvalue weighted by molar-refractivity contribution is 5.78. The van der Waals surface area contributed by atoms with Gasteiger partial charge in [-0.05, 0) is 54.4 Å². The van der Waals surface area contributed by atoms with Crippen molar-refractivity contribution in [2.75, 3.05) is 13.7 Å². The van der Waals surface area contributed by atoms with Crippen LogP contribution in [0.3, 0.4) is 0 Å². The Morgan fingerprint density at radius 1 is 1.16 bits per heavy atom. The summed E-state index contributed by atoms with van der Waals surface area (Å²) in [5.74, 6) is 0.417. The lowest BCUT2D eigenvalue weighted by molar-refractivity contribution is -0.384. The van der Waals surface area contributed by atoms with Crippen molar-refractivity contribution < 1.29 is 32.4 Å². The molecule has 2 atom stereocenters. The second-order valence-electron chi connectivity index (χ2n) is 10.5. The monoisotopic (exact) mass is 518 g/mol. The molecule has 2 unspecified atom stereocenters. The van der Waals surface area contributed by atoms with Crippen molar-refractivity contribution in [3.05, 3.63) is 75.3 Å². The molecule has 1 heterocycles. The average Bonchev–Trinajstić information content (AvgIpc) is 3.10. The molecule has 0 radical (unpaired) electrons. The Morgan fingerprint density at radius 2 is 1.84 bits per heavy atom. The Morgan fingerprint density at radius 3 is 2.43 bits per heavy atom. The third-order valence-corrected chi connectivity index (χ3v) is 7.40. The van der Waals surface area contributed by atoms with Gasteiger partial charge in [0.05, 0.1) is 12.0 Å². The molecule has 1 aliphatic carbocycles. The standard InChI is InChI=1S/C27H29F3N2O5/c1-25(2)13-12-20(21-14-19(32(34)35)10-11-22(21)36-4)17(15-25)16-31-24(33)37-23(27(28,29)30)26(31,3)18-8-6-5-7-9-18/h5-11,14,23H,12-13,15-16H2,1-4H3. The zero-order valence-corrected chi connectivity index (χ0v) is 21.1. The number of non-ortho nitro benzene ring substituents is 1. The number of methoxy groups -OCH3 is 1. The highest BCUT2D eigenvalue weighted by Crippen LogP contribution is 2.50. The number of allylic oxidation sites excluding steroid dienone is 1. The molecule has 0 spiro atoms. The van der Waals surface area contributed by atoms with E-state index in [1.165, 1.54) is 32.2 Å². The maximum Gasteiger partial charge on any atom is 0.428 e. The summed E-state index contributed by atoms with van der Waals surface area (Å²) in [7, 11) is 1.45. The van der Waals surface area contributed by atoms with E-state index in [9.17, 15) is 28.1 Å². The Kier molecular flexibility index (Phi) is 6.73. The van der Waals surface area contributed by atoms with Crippen LogP contribution in [0.15, 0.2) is 54.1 Å². The van der Waals surface area contributed by atoms with Crippen molar-refractivity contribution in [3.8, 4) is 5.75 Å². The first kappa shape index (κ1) is 26.5. The molecule has 1 fully saturated rings. The molecule has 10 heteroatoms. The van der Waals surface area contributed by atoms with Gasteiger partial charge in [-0.25, -0.2) is 4.79 Å². The molecule has 0 aromatic heterocycles. The minimum atomic E-state index is -4.79. The van der Waals surface area contributed by atoms with Gasteiger partial charge >= 0.3 is 12.3 Å². The number of cyclic esters (lactones) is 1. The molecule has 0 N–H and O–H groups in total. The number of alkyl halides is 3. The highest BCUT2D eigenvalue weighted by Gasteiger charge is 2.64. The third kappa shape index (κ3) is 4.89. The van der Waals surface area contributed by atoms with Gasteiger partial charge in [-0.2, -0.15) is 13.2 Å². The first-order chi connectivity index (χ1) is 17.3. The molecule has 1 saturated heterocycles. The molecule has 2 aliphatic rings. The van der Waals surface area contributed by atoms with Crippen LogP contribution in [0.1, 0.15) is 51.2 Å². The quantitative estimate of drug-likeness (QED) is 0.308. The number of benzene rings is 2. The lowest BCUT2D eigenvalue weighted by atomic mass is 9.72. The predicted molar refractivity (Wildman–Crippen MR) is 131 cm³/mol. The van der Waals surface area contributed by atoms with Crippen LogP contribution in [0.4, 0.5) is 23.7 Å². The molecular formula is C27H29F3N2O5. The summed E-state index contributed by atoms with van der Waals surface area (Å²) in [4.78, 5) is 25.2. The minimum absolute atomic E-state index is 0.124. The van der Waals surface area contributed by atoms with Crippen molar-refractivity contribution in [1.82, 2.24) is 4.90 Å². The molecular weight excluding hydrogens is 489 g/mol. The fourth-order valence-electron chi connectivity index (χ4n) is 5.43. The normalized spacial score (nSPS) is 23.7. The molecule has 1 amide bonds. The summed E-state index contributed by atoms with van der Waals surface area (Å²) in [5.41, 5.74) is 0.123. The average molecular weight is 519 g/mol. The topological polar surface area (TPSA) is 81.9 Å². The van der Waals surface area contributed by atoms with E-state index in [0.29, 0.717) is 29.7 Å². The molecule has 4 rings (SSSR count). The largest absolute Gasteiger partial charge is 0.496 e. The van der Waals surface area contributed by atoms with Gasteiger partial charge in [-0.15, -0.1) is 0 Å². The van der Waals surface area contributed by atoms with E-state index in [2.05, 4.69) is 0 Å². The van der Waals surface area contributed by atoms with Crippen LogP contribution in [-0.4, -0.2) is 41.9 Å². The van der Waals surface area contributed by atoms with E-state index >= 15 is 0 Å². The molecule has 198 valence electrons. The second kappa shape index (κ2) is 9.39. The Labute approximate surface area is 213 Å². The van der Waals surface area contributed by atoms with Gasteiger partial charge in [0.2, 0.25) is 6.10 Å². The first-order valence-electron chi connectivity index (χ1n) is 11.9. The third-order valence-electron chi connectivity index (χ3n) is 7.40. The smallest absolute Gasteiger partial charge is 0.428 e. The van der Waals surface area contributed by atoms with E-state index in [-0.39, 0.29) is 17.6 Å². The number of nitro benzene ring substituents is 1. The van der Waals surface area contributed by atoms with Crippen molar-refractivity contribution in [2.24, 2.45) is 5.41 Å². The van der Waals surface area contributed by atoms with Gasteiger partial charge in [0.15, 0.2) is 0 Å². The number of nitro groups is 1. The van der Waals surface area contributed by atoms with Crippen LogP contribution >= 0.6 is 0 Å². The molecule has 1 aliphatic heterocycles. The van der Waals surface area contributed by atoms with Crippen LogP contribution in [0.5, 0.6) is 5.75 Å². The number of rotatable bonds is 6. The van der Waals surface area contributed by atoms with Crippen molar-refractivity contribution in [1.29, 1.82) is 0 Å². The van der Waals surface area contributed by atoms with Gasteiger partial charge in [0, 0.05) is 24.2 Å². The maximum absolute atomic E-state index is 14.2. The Hall–Kier alpha value is -3.56. The number of carbonyl (C=O) groups is 1. The van der Waals surface area contributed by atoms with Gasteiger partial charge in [-0.3, -0.25) is 15.0 Å². The van der Waals surface area contributed by atoms with E-state index < -0.39 is 28.8 Å². The van der Waals surface area contributed by atoms with Crippen LogP contribution in [0.25, 0.3) is 5.57 Å². The minimum Gasteiger partial charge on any atom is -0.496 e. The molecule has 0 bridgehead atoms. The maximum atomic E-state index is 14.2. The molecule has 7 nitrogen and oxygen atoms in total. The number of halogens is 3. The fraction of sp³-hybridized carbons (Fsp3) is 0.444. The Balaban J connectivity index is 1.88. The van der Waals surface area contributed by atoms with Gasteiger partial charge in [0.1, 0.15) is 11.3 Å². The number of amides is 1. The lowest BCUT2D eigenvalue weighted by Gasteiger charge is -2.40. The molecule has 0 saturated carbocycles. The lowest BCUT2D eigenvalue weighted by Crippen LogP contribution is -2.52. The SMILES string of the molecule is COc1ccc([N+](=O)[O-])cc1C1=C(CN2C(=O)OC(C(F)(F)F)C2(C)c2ccccc2)CC(C)(C)CC1. The van der Waals surface area contributed by atoms with Crippen LogP contribution < -0.4 is 4.74 Å². The Bertz CT molecular complexity index is 1240. The number of nitrogens with zero attached hydrogens (tertiary/aromatic N) is 2. The van der Waals surface area contributed by atoms with Crippen LogP contribution in [-0.2, 0) is 10.3 Å². The van der Waals surface area contributed by atoms with Crippen molar-refractivity contribution in [3.63, 3.8) is 0 Å². The van der Waals surface area contributed by atoms with Gasteiger partial charge in [0.25, 0.3) is 5.69 Å². The van der Waals surface area contributed by atoms with E-state index in [1.807, 2.05) is 13.8 Å². The van der Waals surface area contributed by atoms with E-state index in [4.69, 9.17) is 9.47 Å². The summed E-state index contributed by atoms with van der Waals surface area (Å²) in [5, 5.41) is 11.5. The van der Waals surface area contributed by atoms with E-state index in [0.717, 1.165) is 22.5 Å². The van der Waals surface area contributed by atoms with Gasteiger partial charge < -0.3 is 9.47 Å². The summed E-state index contributed by atoms with van der Waals surface area (Å²) in [6.45, 7) is 5.34. The van der Waals surface area contributed by atoms with Crippen LogP contribution in [0.2, 0.25) is 0 Å². The molecule has 37 heavy (non-hydrogen) atoms. The van der Waals surface area contributed by atoms with Crippen molar-refractivity contribution >= 4 is 17.4 Å². The molecule has 2 aromatic carbocycles. The van der Waals surface area contributed by atoms with Crippen LogP contribution in [0, 0.1) is 15.5 Å². The fourth-order valence-corrected chi connectivity index (χ4v) is 5.43. The summed E-state index contributed by atoms with van der Waals surface area (Å²) in [6.07, 6.45) is -6.45. The molecule has 2 aromatic rings. The highest BCUT2D eigenvalue weighted by atomic mass is 19.4. The summed E-state index contributed by atoms with van der Waals surface area (Å²) >= 11 is 0.